The van der Waals surface area contributed by atoms with Gasteiger partial charge in [-0.05, 0) is 6.92 Å². The average molecular weight is 216 g/mol. The highest BCUT2D eigenvalue weighted by atomic mass is 32.2. The minimum absolute atomic E-state index is 0.0868. The molecule has 0 rings (SSSR count). The molecule has 0 aromatic heterocycles. The Morgan fingerprint density at radius 2 is 2.36 bits per heavy atom. The smallest absolute Gasteiger partial charge is 0.221 e. The van der Waals surface area contributed by atoms with Crippen molar-refractivity contribution >= 4 is 17.7 Å². The number of thioether (sulfide) groups is 1. The molecule has 1 atom stereocenters. The van der Waals surface area contributed by atoms with Crippen LogP contribution in [0, 0.1) is 0 Å². The van der Waals surface area contributed by atoms with E-state index in [1.807, 2.05) is 24.8 Å². The highest BCUT2D eigenvalue weighted by Crippen LogP contribution is 1.98. The first-order valence-electron chi connectivity index (χ1n) is 4.83. The van der Waals surface area contributed by atoms with Gasteiger partial charge in [0.2, 0.25) is 5.91 Å². The van der Waals surface area contributed by atoms with Gasteiger partial charge in [0.1, 0.15) is 0 Å². The zero-order valence-electron chi connectivity index (χ0n) is 9.01. The molecule has 0 fully saturated rings. The fourth-order valence-corrected chi connectivity index (χ4v) is 1.59. The van der Waals surface area contributed by atoms with Crippen molar-refractivity contribution in [3.05, 3.63) is 12.7 Å². The molecule has 0 aromatic carbocycles. The van der Waals surface area contributed by atoms with E-state index in [2.05, 4.69) is 17.2 Å². The number of hydrogen-bond acceptors (Lipinski definition) is 3. The molecule has 0 bridgehead atoms. The first kappa shape index (κ1) is 13.5. The Bertz CT molecular complexity index is 174. The maximum Gasteiger partial charge on any atom is 0.221 e. The largest absolute Gasteiger partial charge is 0.359 e. The molecule has 0 aliphatic rings. The summed E-state index contributed by atoms with van der Waals surface area (Å²) in [6.45, 7) is 6.61. The molecule has 0 saturated heterocycles. The van der Waals surface area contributed by atoms with Crippen LogP contribution in [-0.4, -0.2) is 37.0 Å². The Balaban J connectivity index is 3.30. The van der Waals surface area contributed by atoms with Crippen molar-refractivity contribution in [3.8, 4) is 0 Å². The van der Waals surface area contributed by atoms with Crippen molar-refractivity contribution in [2.24, 2.45) is 0 Å². The van der Waals surface area contributed by atoms with E-state index in [4.69, 9.17) is 0 Å². The fourth-order valence-electron chi connectivity index (χ4n) is 0.996. The Kier molecular flexibility index (Phi) is 8.78. The summed E-state index contributed by atoms with van der Waals surface area (Å²) < 4.78 is 0. The van der Waals surface area contributed by atoms with E-state index in [1.54, 1.807) is 7.05 Å². The number of carbonyl (C=O) groups is 1. The van der Waals surface area contributed by atoms with Crippen molar-refractivity contribution in [2.45, 2.75) is 19.4 Å². The van der Waals surface area contributed by atoms with E-state index >= 15 is 0 Å². The van der Waals surface area contributed by atoms with Crippen LogP contribution in [0.4, 0.5) is 0 Å². The molecule has 0 heterocycles. The predicted molar refractivity (Wildman–Crippen MR) is 63.7 cm³/mol. The molecule has 0 spiro atoms. The summed E-state index contributed by atoms with van der Waals surface area (Å²) >= 11 is 1.84. The van der Waals surface area contributed by atoms with E-state index in [9.17, 15) is 4.79 Å². The summed E-state index contributed by atoms with van der Waals surface area (Å²) in [6.07, 6.45) is 2.45. The van der Waals surface area contributed by atoms with Gasteiger partial charge in [-0.25, -0.2) is 0 Å². The summed E-state index contributed by atoms with van der Waals surface area (Å²) in [5.74, 6) is 2.14. The Hall–Kier alpha value is -0.480. The van der Waals surface area contributed by atoms with Gasteiger partial charge in [-0.15, -0.1) is 6.58 Å². The van der Waals surface area contributed by atoms with Crippen molar-refractivity contribution in [1.82, 2.24) is 10.6 Å². The second kappa shape index (κ2) is 9.09. The standard InChI is InChI=1S/C10H20N2OS/c1-4-6-14-7-5-12-9(2)8-10(13)11-3/h4,9,12H,1,5-8H2,2-3H3,(H,11,13). The molecule has 4 heteroatoms. The van der Waals surface area contributed by atoms with Crippen LogP contribution in [-0.2, 0) is 4.79 Å². The molecule has 0 saturated carbocycles. The lowest BCUT2D eigenvalue weighted by Gasteiger charge is -2.12. The second-order valence-corrected chi connectivity index (χ2v) is 4.25. The zero-order chi connectivity index (χ0) is 10.8. The van der Waals surface area contributed by atoms with Crippen LogP contribution in [0.5, 0.6) is 0 Å². The van der Waals surface area contributed by atoms with Gasteiger partial charge in [0.05, 0.1) is 0 Å². The molecule has 3 nitrogen and oxygen atoms in total. The molecule has 0 aromatic rings. The third-order valence-corrected chi connectivity index (χ3v) is 2.71. The minimum atomic E-state index is 0.0868. The monoisotopic (exact) mass is 216 g/mol. The summed E-state index contributed by atoms with van der Waals surface area (Å²) in [5, 5.41) is 5.90. The van der Waals surface area contributed by atoms with Gasteiger partial charge in [-0.1, -0.05) is 6.08 Å². The maximum atomic E-state index is 11.0. The van der Waals surface area contributed by atoms with Crippen molar-refractivity contribution in [1.29, 1.82) is 0 Å². The van der Waals surface area contributed by atoms with Crippen LogP contribution in [0.3, 0.4) is 0 Å². The van der Waals surface area contributed by atoms with Gasteiger partial charge in [-0.2, -0.15) is 11.8 Å². The van der Waals surface area contributed by atoms with Crippen molar-refractivity contribution < 1.29 is 4.79 Å². The van der Waals surface area contributed by atoms with Crippen LogP contribution in [0.25, 0.3) is 0 Å². The third kappa shape index (κ3) is 8.13. The van der Waals surface area contributed by atoms with Crippen LogP contribution in [0.15, 0.2) is 12.7 Å². The van der Waals surface area contributed by atoms with Gasteiger partial charge in [0.25, 0.3) is 0 Å². The lowest BCUT2D eigenvalue weighted by molar-refractivity contribution is -0.121. The van der Waals surface area contributed by atoms with Gasteiger partial charge in [-0.3, -0.25) is 4.79 Å². The molecule has 1 unspecified atom stereocenters. The molecular weight excluding hydrogens is 196 g/mol. The number of hydrogen-bond donors (Lipinski definition) is 2. The molecule has 0 radical (unpaired) electrons. The summed E-state index contributed by atoms with van der Waals surface area (Å²) in [5.41, 5.74) is 0. The molecule has 0 aliphatic carbocycles. The topological polar surface area (TPSA) is 41.1 Å². The Labute approximate surface area is 90.7 Å². The highest BCUT2D eigenvalue weighted by molar-refractivity contribution is 7.99. The van der Waals surface area contributed by atoms with Crippen molar-refractivity contribution in [2.75, 3.05) is 25.1 Å². The Morgan fingerprint density at radius 3 is 2.93 bits per heavy atom. The van der Waals surface area contributed by atoms with E-state index in [1.165, 1.54) is 0 Å². The van der Waals surface area contributed by atoms with Gasteiger partial charge >= 0.3 is 0 Å². The number of carbonyl (C=O) groups excluding carboxylic acids is 1. The third-order valence-electron chi connectivity index (χ3n) is 1.75. The van der Waals surface area contributed by atoms with Gasteiger partial charge in [0, 0.05) is 37.6 Å². The van der Waals surface area contributed by atoms with Crippen LogP contribution in [0.2, 0.25) is 0 Å². The second-order valence-electron chi connectivity index (χ2n) is 3.10. The maximum absolute atomic E-state index is 11.0. The molecule has 1 amide bonds. The van der Waals surface area contributed by atoms with E-state index in [0.717, 1.165) is 18.1 Å². The van der Waals surface area contributed by atoms with Crippen molar-refractivity contribution in [3.63, 3.8) is 0 Å². The van der Waals surface area contributed by atoms with Crippen LogP contribution in [0.1, 0.15) is 13.3 Å². The normalized spacial score (nSPS) is 12.1. The molecular formula is C10H20N2OS. The minimum Gasteiger partial charge on any atom is -0.359 e. The average Bonchev–Trinajstić information content (AvgIpc) is 2.17. The van der Waals surface area contributed by atoms with Gasteiger partial charge < -0.3 is 10.6 Å². The first-order valence-corrected chi connectivity index (χ1v) is 5.98. The molecule has 14 heavy (non-hydrogen) atoms. The number of rotatable bonds is 8. The molecule has 0 aliphatic heterocycles. The zero-order valence-corrected chi connectivity index (χ0v) is 9.82. The molecule has 82 valence electrons. The summed E-state index contributed by atoms with van der Waals surface area (Å²) in [7, 11) is 1.66. The van der Waals surface area contributed by atoms with Crippen LogP contribution >= 0.6 is 11.8 Å². The number of nitrogens with one attached hydrogen (secondary N) is 2. The SMILES string of the molecule is C=CCSCCNC(C)CC(=O)NC. The lowest BCUT2D eigenvalue weighted by Crippen LogP contribution is -2.33. The quantitative estimate of drug-likeness (QED) is 0.470. The molecule has 2 N–H and O–H groups in total. The summed E-state index contributed by atoms with van der Waals surface area (Å²) in [4.78, 5) is 11.0. The Morgan fingerprint density at radius 1 is 1.64 bits per heavy atom. The van der Waals surface area contributed by atoms with E-state index < -0.39 is 0 Å². The highest BCUT2D eigenvalue weighted by Gasteiger charge is 2.05. The van der Waals surface area contributed by atoms with Gasteiger partial charge in [0.15, 0.2) is 0 Å². The van der Waals surface area contributed by atoms with E-state index in [-0.39, 0.29) is 11.9 Å². The van der Waals surface area contributed by atoms with E-state index in [0.29, 0.717) is 6.42 Å². The number of amides is 1. The van der Waals surface area contributed by atoms with Crippen LogP contribution < -0.4 is 10.6 Å². The first-order chi connectivity index (χ1) is 6.70. The summed E-state index contributed by atoms with van der Waals surface area (Å²) in [6, 6.07) is 0.249. The lowest BCUT2D eigenvalue weighted by atomic mass is 10.2. The predicted octanol–water partition coefficient (Wildman–Crippen LogP) is 1.02. The fraction of sp³-hybridized carbons (Fsp3) is 0.700.